The van der Waals surface area contributed by atoms with Gasteiger partial charge in [0.05, 0.1) is 5.57 Å². The van der Waals surface area contributed by atoms with Gasteiger partial charge in [0.1, 0.15) is 19.3 Å². The molecule has 0 spiro atoms. The van der Waals surface area contributed by atoms with E-state index in [-0.39, 0.29) is 18.8 Å². The molecule has 0 fully saturated rings. The summed E-state index contributed by atoms with van der Waals surface area (Å²) in [6, 6.07) is 0. The maximum absolute atomic E-state index is 11.9. The molecule has 5 heteroatoms. The Bertz CT molecular complexity index is 463. The fourth-order valence-corrected chi connectivity index (χ4v) is 1.29. The van der Waals surface area contributed by atoms with E-state index in [0.29, 0.717) is 5.57 Å². The lowest BCUT2D eigenvalue weighted by Gasteiger charge is -2.13. The highest BCUT2D eigenvalue weighted by Gasteiger charge is 2.15. The van der Waals surface area contributed by atoms with Crippen molar-refractivity contribution in [3.05, 3.63) is 34.9 Å². The third-order valence-electron chi connectivity index (χ3n) is 2.35. The van der Waals surface area contributed by atoms with Crippen molar-refractivity contribution in [2.45, 2.75) is 40.7 Å². The topological polar surface area (TPSA) is 72.8 Å². The van der Waals surface area contributed by atoms with Crippen molar-refractivity contribution < 1.29 is 24.2 Å². The summed E-state index contributed by atoms with van der Waals surface area (Å²) in [5.74, 6) is -1.10. The van der Waals surface area contributed by atoms with Crippen LogP contribution in [-0.2, 0) is 19.1 Å². The zero-order valence-corrected chi connectivity index (χ0v) is 13.4. The van der Waals surface area contributed by atoms with E-state index in [2.05, 4.69) is 6.58 Å². The van der Waals surface area contributed by atoms with Crippen LogP contribution < -0.4 is 0 Å². The van der Waals surface area contributed by atoms with E-state index < -0.39 is 18.0 Å². The SMILES string of the molecule is C=C(C)C(=O)OCC(O)COC(=O)C(C=C(C)C)=C(C)C. The maximum Gasteiger partial charge on any atom is 0.338 e. The number of hydrogen-bond acceptors (Lipinski definition) is 5. The summed E-state index contributed by atoms with van der Waals surface area (Å²) >= 11 is 0. The first-order valence-corrected chi connectivity index (χ1v) is 6.65. The lowest BCUT2D eigenvalue weighted by Crippen LogP contribution is -2.26. The molecule has 0 radical (unpaired) electrons. The number of carbonyl (C=O) groups excluding carboxylic acids is 2. The zero-order valence-electron chi connectivity index (χ0n) is 13.4. The molecular formula is C16H24O5. The molecule has 1 unspecified atom stereocenters. The minimum Gasteiger partial charge on any atom is -0.459 e. The lowest BCUT2D eigenvalue weighted by atomic mass is 10.1. The maximum atomic E-state index is 11.9. The van der Waals surface area contributed by atoms with E-state index in [1.54, 1.807) is 19.9 Å². The van der Waals surface area contributed by atoms with Crippen LogP contribution in [0.4, 0.5) is 0 Å². The lowest BCUT2D eigenvalue weighted by molar-refractivity contribution is -0.147. The Balaban J connectivity index is 4.42. The predicted molar refractivity (Wildman–Crippen MR) is 80.5 cm³/mol. The quantitative estimate of drug-likeness (QED) is 0.443. The van der Waals surface area contributed by atoms with Gasteiger partial charge in [-0.3, -0.25) is 0 Å². The van der Waals surface area contributed by atoms with Crippen molar-refractivity contribution in [3.63, 3.8) is 0 Å². The first-order valence-electron chi connectivity index (χ1n) is 6.65. The molecule has 0 aromatic heterocycles. The van der Waals surface area contributed by atoms with Gasteiger partial charge in [-0.15, -0.1) is 0 Å². The van der Waals surface area contributed by atoms with E-state index in [4.69, 9.17) is 9.47 Å². The van der Waals surface area contributed by atoms with Gasteiger partial charge in [-0.2, -0.15) is 0 Å². The number of carbonyl (C=O) groups is 2. The highest BCUT2D eigenvalue weighted by Crippen LogP contribution is 2.10. The molecule has 0 aliphatic carbocycles. The van der Waals surface area contributed by atoms with Crippen LogP contribution in [-0.4, -0.2) is 36.4 Å². The first kappa shape index (κ1) is 19.1. The molecule has 0 aromatic carbocycles. The smallest absolute Gasteiger partial charge is 0.338 e. The summed E-state index contributed by atoms with van der Waals surface area (Å²) in [6.45, 7) is 11.8. The normalized spacial score (nSPS) is 11.1. The highest BCUT2D eigenvalue weighted by atomic mass is 16.6. The summed E-state index contributed by atoms with van der Waals surface area (Å²) < 4.78 is 9.78. The molecular weight excluding hydrogens is 272 g/mol. The number of aliphatic hydroxyl groups is 1. The molecule has 5 nitrogen and oxygen atoms in total. The summed E-state index contributed by atoms with van der Waals surface area (Å²) in [6.07, 6.45) is 0.660. The van der Waals surface area contributed by atoms with E-state index in [1.165, 1.54) is 6.92 Å². The second-order valence-corrected chi connectivity index (χ2v) is 5.27. The van der Waals surface area contributed by atoms with Gasteiger partial charge >= 0.3 is 11.9 Å². The van der Waals surface area contributed by atoms with Crippen LogP contribution in [0.3, 0.4) is 0 Å². The average Bonchev–Trinajstić information content (AvgIpc) is 2.38. The van der Waals surface area contributed by atoms with Crippen molar-refractivity contribution in [1.29, 1.82) is 0 Å². The molecule has 0 saturated heterocycles. The molecule has 0 heterocycles. The van der Waals surface area contributed by atoms with E-state index in [9.17, 15) is 14.7 Å². The Labute approximate surface area is 125 Å². The van der Waals surface area contributed by atoms with Gasteiger partial charge in [0, 0.05) is 5.57 Å². The molecule has 0 aromatic rings. The van der Waals surface area contributed by atoms with Crippen molar-refractivity contribution in [2.75, 3.05) is 13.2 Å². The van der Waals surface area contributed by atoms with Crippen LogP contribution in [0.15, 0.2) is 34.9 Å². The Kier molecular flexibility index (Phi) is 8.31. The van der Waals surface area contributed by atoms with E-state index in [0.717, 1.165) is 11.1 Å². The van der Waals surface area contributed by atoms with Gasteiger partial charge in [0.15, 0.2) is 0 Å². The monoisotopic (exact) mass is 296 g/mol. The predicted octanol–water partition coefficient (Wildman–Crippen LogP) is 2.31. The van der Waals surface area contributed by atoms with Crippen molar-refractivity contribution >= 4 is 11.9 Å². The van der Waals surface area contributed by atoms with Gasteiger partial charge in [0.25, 0.3) is 0 Å². The van der Waals surface area contributed by atoms with Crippen LogP contribution in [0.5, 0.6) is 0 Å². The second-order valence-electron chi connectivity index (χ2n) is 5.27. The van der Waals surface area contributed by atoms with Crippen LogP contribution in [0, 0.1) is 0 Å². The highest BCUT2D eigenvalue weighted by molar-refractivity contribution is 5.92. The van der Waals surface area contributed by atoms with Gasteiger partial charge in [-0.25, -0.2) is 9.59 Å². The number of esters is 2. The fourth-order valence-electron chi connectivity index (χ4n) is 1.29. The zero-order chi connectivity index (χ0) is 16.6. The number of allylic oxidation sites excluding steroid dienone is 2. The molecule has 1 N–H and O–H groups in total. The Morgan fingerprint density at radius 3 is 1.90 bits per heavy atom. The number of rotatable bonds is 7. The van der Waals surface area contributed by atoms with Gasteiger partial charge in [-0.1, -0.05) is 17.7 Å². The molecule has 0 bridgehead atoms. The molecule has 118 valence electrons. The van der Waals surface area contributed by atoms with Crippen molar-refractivity contribution in [1.82, 2.24) is 0 Å². The number of aliphatic hydroxyl groups excluding tert-OH is 1. The van der Waals surface area contributed by atoms with E-state index in [1.807, 2.05) is 13.8 Å². The minimum absolute atomic E-state index is 0.240. The molecule has 21 heavy (non-hydrogen) atoms. The summed E-state index contributed by atoms with van der Waals surface area (Å²) in [4.78, 5) is 23.1. The van der Waals surface area contributed by atoms with E-state index >= 15 is 0 Å². The third-order valence-corrected chi connectivity index (χ3v) is 2.35. The fraction of sp³-hybridized carbons (Fsp3) is 0.500. The summed E-state index contributed by atoms with van der Waals surface area (Å²) in [5.41, 5.74) is 2.50. The summed E-state index contributed by atoms with van der Waals surface area (Å²) in [7, 11) is 0. The molecule has 0 aliphatic rings. The molecule has 1 atom stereocenters. The van der Waals surface area contributed by atoms with Crippen molar-refractivity contribution in [2.24, 2.45) is 0 Å². The Morgan fingerprint density at radius 1 is 1.05 bits per heavy atom. The molecule has 0 amide bonds. The molecule has 0 aliphatic heterocycles. The number of hydrogen-bond donors (Lipinski definition) is 1. The van der Waals surface area contributed by atoms with Gasteiger partial charge in [0.2, 0.25) is 0 Å². The van der Waals surface area contributed by atoms with Crippen LogP contribution >= 0.6 is 0 Å². The van der Waals surface area contributed by atoms with Crippen LogP contribution in [0.1, 0.15) is 34.6 Å². The van der Waals surface area contributed by atoms with Crippen LogP contribution in [0.25, 0.3) is 0 Å². The van der Waals surface area contributed by atoms with Gasteiger partial charge in [-0.05, 0) is 40.7 Å². The first-order chi connectivity index (χ1) is 9.65. The Morgan fingerprint density at radius 2 is 1.52 bits per heavy atom. The van der Waals surface area contributed by atoms with Crippen LogP contribution in [0.2, 0.25) is 0 Å². The minimum atomic E-state index is -1.07. The molecule has 0 saturated carbocycles. The standard InChI is InChI=1S/C16H24O5/c1-10(2)7-14(11(3)4)16(19)21-9-13(17)8-20-15(18)12(5)6/h7,13,17H,5,8-9H2,1-4,6H3. The third kappa shape index (κ3) is 8.09. The number of ether oxygens (including phenoxy) is 2. The Hall–Kier alpha value is -1.88. The second kappa shape index (κ2) is 9.13. The van der Waals surface area contributed by atoms with Gasteiger partial charge < -0.3 is 14.6 Å². The van der Waals surface area contributed by atoms with Crippen molar-refractivity contribution in [3.8, 4) is 0 Å². The molecule has 0 rings (SSSR count). The average molecular weight is 296 g/mol. The summed E-state index contributed by atoms with van der Waals surface area (Å²) in [5, 5.41) is 9.62. The largest absolute Gasteiger partial charge is 0.459 e.